The number of hydrogen-bond acceptors (Lipinski definition) is 3. The molecule has 1 saturated heterocycles. The SMILES string of the molecule is CN(C)c1ccnc(C(=O)N2CCCC2CCc2ccccc2)c1. The lowest BCUT2D eigenvalue weighted by Crippen LogP contribution is -2.36. The van der Waals surface area contributed by atoms with Gasteiger partial charge >= 0.3 is 0 Å². The Kier molecular flexibility index (Phi) is 5.14. The summed E-state index contributed by atoms with van der Waals surface area (Å²) in [5, 5.41) is 0. The summed E-state index contributed by atoms with van der Waals surface area (Å²) in [7, 11) is 3.95. The highest BCUT2D eigenvalue weighted by atomic mass is 16.2. The lowest BCUT2D eigenvalue weighted by molar-refractivity contribution is 0.0724. The Hall–Kier alpha value is -2.36. The summed E-state index contributed by atoms with van der Waals surface area (Å²) in [5.41, 5.74) is 2.89. The summed E-state index contributed by atoms with van der Waals surface area (Å²) < 4.78 is 0. The van der Waals surface area contributed by atoms with E-state index in [2.05, 4.69) is 29.2 Å². The van der Waals surface area contributed by atoms with Gasteiger partial charge < -0.3 is 9.80 Å². The van der Waals surface area contributed by atoms with E-state index in [1.165, 1.54) is 5.56 Å². The van der Waals surface area contributed by atoms with Gasteiger partial charge in [0, 0.05) is 38.6 Å². The summed E-state index contributed by atoms with van der Waals surface area (Å²) in [6.45, 7) is 0.839. The van der Waals surface area contributed by atoms with Crippen molar-refractivity contribution in [1.82, 2.24) is 9.88 Å². The third-order valence-corrected chi connectivity index (χ3v) is 4.73. The minimum atomic E-state index is 0.0641. The second kappa shape index (κ2) is 7.47. The van der Waals surface area contributed by atoms with Crippen LogP contribution >= 0.6 is 0 Å². The van der Waals surface area contributed by atoms with Crippen LogP contribution in [0.3, 0.4) is 0 Å². The number of aryl methyl sites for hydroxylation is 1. The molecule has 2 aromatic rings. The molecule has 0 radical (unpaired) electrons. The van der Waals surface area contributed by atoms with Gasteiger partial charge in [0.25, 0.3) is 5.91 Å². The summed E-state index contributed by atoms with van der Waals surface area (Å²) in [6.07, 6.45) is 5.92. The van der Waals surface area contributed by atoms with Crippen molar-refractivity contribution in [2.45, 2.75) is 31.7 Å². The van der Waals surface area contributed by atoms with E-state index < -0.39 is 0 Å². The maximum absolute atomic E-state index is 12.9. The zero-order valence-corrected chi connectivity index (χ0v) is 14.5. The van der Waals surface area contributed by atoms with E-state index in [0.29, 0.717) is 11.7 Å². The molecule has 0 bridgehead atoms. The molecule has 4 nitrogen and oxygen atoms in total. The molecule has 4 heteroatoms. The molecular formula is C20H25N3O. The fourth-order valence-corrected chi connectivity index (χ4v) is 3.34. The van der Waals surface area contributed by atoms with Crippen molar-refractivity contribution in [1.29, 1.82) is 0 Å². The fourth-order valence-electron chi connectivity index (χ4n) is 3.34. The summed E-state index contributed by atoms with van der Waals surface area (Å²) in [6, 6.07) is 14.6. The van der Waals surface area contributed by atoms with Crippen molar-refractivity contribution in [2.75, 3.05) is 25.5 Å². The zero-order chi connectivity index (χ0) is 16.9. The van der Waals surface area contributed by atoms with Crippen LogP contribution in [0.4, 0.5) is 5.69 Å². The molecule has 1 aromatic carbocycles. The first kappa shape index (κ1) is 16.5. The molecule has 2 heterocycles. The molecule has 1 aliphatic heterocycles. The Labute approximate surface area is 144 Å². The van der Waals surface area contributed by atoms with Crippen LogP contribution in [0.2, 0.25) is 0 Å². The Morgan fingerprint density at radius 2 is 2.04 bits per heavy atom. The highest BCUT2D eigenvalue weighted by Gasteiger charge is 2.29. The smallest absolute Gasteiger partial charge is 0.272 e. The molecule has 1 unspecified atom stereocenters. The number of hydrogen-bond donors (Lipinski definition) is 0. The largest absolute Gasteiger partial charge is 0.378 e. The highest BCUT2D eigenvalue weighted by molar-refractivity contribution is 5.93. The van der Waals surface area contributed by atoms with Gasteiger partial charge in [0.2, 0.25) is 0 Å². The molecule has 126 valence electrons. The van der Waals surface area contributed by atoms with E-state index in [1.807, 2.05) is 42.1 Å². The van der Waals surface area contributed by atoms with Crippen LogP contribution in [0.15, 0.2) is 48.7 Å². The quantitative estimate of drug-likeness (QED) is 0.846. The van der Waals surface area contributed by atoms with Gasteiger partial charge in [-0.15, -0.1) is 0 Å². The standard InChI is InChI=1S/C20H25N3O/c1-22(2)18-12-13-21-19(15-18)20(24)23-14-6-9-17(23)11-10-16-7-4-3-5-8-16/h3-5,7-8,12-13,15,17H,6,9-11,14H2,1-2H3. The first-order valence-electron chi connectivity index (χ1n) is 8.63. The number of aromatic nitrogens is 1. The second-order valence-corrected chi connectivity index (χ2v) is 6.61. The Bertz CT molecular complexity index is 684. The van der Waals surface area contributed by atoms with Gasteiger partial charge in [0.05, 0.1) is 0 Å². The molecule has 0 N–H and O–H groups in total. The maximum Gasteiger partial charge on any atom is 0.272 e. The molecule has 1 aromatic heterocycles. The molecule has 1 aliphatic rings. The van der Waals surface area contributed by atoms with E-state index in [0.717, 1.165) is 37.9 Å². The van der Waals surface area contributed by atoms with Crippen molar-refractivity contribution in [3.8, 4) is 0 Å². The molecule has 0 spiro atoms. The molecule has 1 atom stereocenters. The molecule has 3 rings (SSSR count). The number of benzene rings is 1. The Balaban J connectivity index is 1.68. The van der Waals surface area contributed by atoms with E-state index in [9.17, 15) is 4.79 Å². The minimum absolute atomic E-state index is 0.0641. The minimum Gasteiger partial charge on any atom is -0.378 e. The van der Waals surface area contributed by atoms with E-state index in [-0.39, 0.29) is 5.91 Å². The summed E-state index contributed by atoms with van der Waals surface area (Å²) in [5.74, 6) is 0.0641. The van der Waals surface area contributed by atoms with Crippen LogP contribution in [-0.2, 0) is 6.42 Å². The summed E-state index contributed by atoms with van der Waals surface area (Å²) >= 11 is 0. The zero-order valence-electron chi connectivity index (χ0n) is 14.5. The number of anilines is 1. The Morgan fingerprint density at radius 1 is 1.25 bits per heavy atom. The average Bonchev–Trinajstić information content (AvgIpc) is 3.09. The van der Waals surface area contributed by atoms with Crippen molar-refractivity contribution >= 4 is 11.6 Å². The first-order valence-corrected chi connectivity index (χ1v) is 8.63. The molecule has 0 aliphatic carbocycles. The van der Waals surface area contributed by atoms with Crippen LogP contribution in [-0.4, -0.2) is 42.5 Å². The fraction of sp³-hybridized carbons (Fsp3) is 0.400. The molecular weight excluding hydrogens is 298 g/mol. The number of amides is 1. The van der Waals surface area contributed by atoms with Gasteiger partial charge in [0.1, 0.15) is 5.69 Å². The van der Waals surface area contributed by atoms with Gasteiger partial charge in [-0.25, -0.2) is 0 Å². The molecule has 1 fully saturated rings. The molecule has 0 saturated carbocycles. The third-order valence-electron chi connectivity index (χ3n) is 4.73. The van der Waals surface area contributed by atoms with Crippen LogP contribution in [0.1, 0.15) is 35.3 Å². The maximum atomic E-state index is 12.9. The average molecular weight is 323 g/mol. The first-order chi connectivity index (χ1) is 11.6. The van der Waals surface area contributed by atoms with Crippen molar-refractivity contribution in [3.63, 3.8) is 0 Å². The van der Waals surface area contributed by atoms with Crippen LogP contribution in [0.25, 0.3) is 0 Å². The van der Waals surface area contributed by atoms with E-state index in [4.69, 9.17) is 0 Å². The number of pyridine rings is 1. The van der Waals surface area contributed by atoms with Crippen LogP contribution < -0.4 is 4.90 Å². The predicted octanol–water partition coefficient (Wildman–Crippen LogP) is 3.39. The molecule has 24 heavy (non-hydrogen) atoms. The van der Waals surface area contributed by atoms with E-state index in [1.54, 1.807) is 6.20 Å². The second-order valence-electron chi connectivity index (χ2n) is 6.61. The molecule has 1 amide bonds. The number of carbonyl (C=O) groups excluding carboxylic acids is 1. The Morgan fingerprint density at radius 3 is 2.79 bits per heavy atom. The third kappa shape index (κ3) is 3.75. The number of rotatable bonds is 5. The normalized spacial score (nSPS) is 17.1. The van der Waals surface area contributed by atoms with Gasteiger partial charge in [-0.3, -0.25) is 9.78 Å². The van der Waals surface area contributed by atoms with Crippen molar-refractivity contribution < 1.29 is 4.79 Å². The monoisotopic (exact) mass is 323 g/mol. The van der Waals surface area contributed by atoms with Gasteiger partial charge in [0.15, 0.2) is 0 Å². The van der Waals surface area contributed by atoms with Crippen LogP contribution in [0, 0.1) is 0 Å². The van der Waals surface area contributed by atoms with E-state index >= 15 is 0 Å². The highest BCUT2D eigenvalue weighted by Crippen LogP contribution is 2.24. The van der Waals surface area contributed by atoms with Crippen molar-refractivity contribution in [2.24, 2.45) is 0 Å². The number of carbonyl (C=O) groups is 1. The number of likely N-dealkylation sites (tertiary alicyclic amines) is 1. The van der Waals surface area contributed by atoms with Gasteiger partial charge in [-0.05, 0) is 43.4 Å². The van der Waals surface area contributed by atoms with Crippen molar-refractivity contribution in [3.05, 3.63) is 59.9 Å². The number of nitrogens with zero attached hydrogens (tertiary/aromatic N) is 3. The lowest BCUT2D eigenvalue weighted by atomic mass is 10.0. The van der Waals surface area contributed by atoms with Gasteiger partial charge in [-0.2, -0.15) is 0 Å². The lowest BCUT2D eigenvalue weighted by Gasteiger charge is -2.25. The summed E-state index contributed by atoms with van der Waals surface area (Å²) in [4.78, 5) is 21.2. The predicted molar refractivity (Wildman–Crippen MR) is 97.4 cm³/mol. The van der Waals surface area contributed by atoms with Crippen LogP contribution in [0.5, 0.6) is 0 Å². The van der Waals surface area contributed by atoms with Gasteiger partial charge in [-0.1, -0.05) is 30.3 Å². The topological polar surface area (TPSA) is 36.4 Å².